The quantitative estimate of drug-likeness (QED) is 0.898. The number of nitrogens with one attached hydrogen (secondary N) is 1. The van der Waals surface area contributed by atoms with Gasteiger partial charge in [-0.05, 0) is 32.0 Å². The maximum atomic E-state index is 12.8. The second-order valence-corrected chi connectivity index (χ2v) is 5.97. The molecule has 0 amide bonds. The molecular weight excluding hydrogens is 241 g/mol. The first-order valence-corrected chi connectivity index (χ1v) is 6.22. The molecule has 1 aromatic carbocycles. The summed E-state index contributed by atoms with van der Waals surface area (Å²) in [7, 11) is -3.41. The second kappa shape index (κ2) is 4.37. The Morgan fingerprint density at radius 3 is 2.47 bits per heavy atom. The molecular formula is C9H11ClFNO2S. The van der Waals surface area contributed by atoms with E-state index < -0.39 is 21.1 Å². The van der Waals surface area contributed by atoms with Crippen LogP contribution in [0.4, 0.5) is 10.1 Å². The van der Waals surface area contributed by atoms with Crippen molar-refractivity contribution in [3.8, 4) is 0 Å². The summed E-state index contributed by atoms with van der Waals surface area (Å²) in [5.74, 6) is -0.579. The van der Waals surface area contributed by atoms with Gasteiger partial charge in [0.1, 0.15) is 5.82 Å². The highest BCUT2D eigenvalue weighted by molar-refractivity contribution is 7.93. The lowest BCUT2D eigenvalue weighted by Crippen LogP contribution is -2.22. The van der Waals surface area contributed by atoms with Crippen LogP contribution in [0, 0.1) is 5.82 Å². The number of sulfonamides is 1. The highest BCUT2D eigenvalue weighted by Crippen LogP contribution is 2.20. The highest BCUT2D eigenvalue weighted by atomic mass is 35.5. The maximum absolute atomic E-state index is 12.8. The van der Waals surface area contributed by atoms with Crippen LogP contribution in [0.25, 0.3) is 0 Å². The summed E-state index contributed by atoms with van der Waals surface area (Å²) in [4.78, 5) is 0. The Morgan fingerprint density at radius 2 is 2.00 bits per heavy atom. The van der Waals surface area contributed by atoms with Crippen molar-refractivity contribution in [1.82, 2.24) is 0 Å². The van der Waals surface area contributed by atoms with Crippen LogP contribution >= 0.6 is 11.6 Å². The predicted molar refractivity (Wildman–Crippen MR) is 59.1 cm³/mol. The molecule has 0 heterocycles. The van der Waals surface area contributed by atoms with E-state index in [1.165, 1.54) is 12.1 Å². The number of rotatable bonds is 3. The number of hydrogen-bond donors (Lipinski definition) is 1. The van der Waals surface area contributed by atoms with Gasteiger partial charge in [-0.3, -0.25) is 4.72 Å². The molecule has 0 atom stereocenters. The molecule has 1 aromatic rings. The Hall–Kier alpha value is -0.810. The van der Waals surface area contributed by atoms with Crippen LogP contribution in [-0.4, -0.2) is 13.7 Å². The van der Waals surface area contributed by atoms with Gasteiger partial charge in [0.15, 0.2) is 0 Å². The smallest absolute Gasteiger partial charge is 0.235 e. The van der Waals surface area contributed by atoms with E-state index in [4.69, 9.17) is 11.6 Å². The maximum Gasteiger partial charge on any atom is 0.235 e. The minimum absolute atomic E-state index is 0.112. The minimum atomic E-state index is -3.41. The lowest BCUT2D eigenvalue weighted by atomic mass is 10.3. The Labute approximate surface area is 93.3 Å². The molecule has 0 saturated heterocycles. The number of hydrogen-bond acceptors (Lipinski definition) is 2. The predicted octanol–water partition coefficient (Wildman–Crippen LogP) is 2.63. The molecule has 0 aliphatic heterocycles. The molecule has 84 valence electrons. The van der Waals surface area contributed by atoms with Crippen molar-refractivity contribution in [3.05, 3.63) is 29.0 Å². The van der Waals surface area contributed by atoms with Crippen LogP contribution in [0.5, 0.6) is 0 Å². The Bertz CT molecular complexity index is 459. The van der Waals surface area contributed by atoms with Gasteiger partial charge in [0.05, 0.1) is 16.0 Å². The fourth-order valence-electron chi connectivity index (χ4n) is 0.842. The van der Waals surface area contributed by atoms with E-state index in [2.05, 4.69) is 4.72 Å². The van der Waals surface area contributed by atoms with Gasteiger partial charge in [-0.25, -0.2) is 12.8 Å². The SMILES string of the molecule is CC(C)S(=O)(=O)Nc1ccc(F)c(Cl)c1. The van der Waals surface area contributed by atoms with Crippen molar-refractivity contribution in [2.75, 3.05) is 4.72 Å². The molecule has 3 nitrogen and oxygen atoms in total. The van der Waals surface area contributed by atoms with Crippen LogP contribution < -0.4 is 4.72 Å². The molecule has 1 rings (SSSR count). The number of anilines is 1. The zero-order valence-electron chi connectivity index (χ0n) is 8.29. The normalized spacial score (nSPS) is 11.8. The first-order chi connectivity index (χ1) is 6.83. The summed E-state index contributed by atoms with van der Waals surface area (Å²) in [6.07, 6.45) is 0. The average Bonchev–Trinajstić information content (AvgIpc) is 2.10. The van der Waals surface area contributed by atoms with Crippen molar-refractivity contribution in [3.63, 3.8) is 0 Å². The molecule has 0 fully saturated rings. The first-order valence-electron chi connectivity index (χ1n) is 4.29. The average molecular weight is 252 g/mol. The molecule has 0 aromatic heterocycles. The standard InChI is InChI=1S/C9H11ClFNO2S/c1-6(2)15(13,14)12-7-3-4-9(11)8(10)5-7/h3-6,12H,1-2H3. The van der Waals surface area contributed by atoms with Crippen LogP contribution in [0.15, 0.2) is 18.2 Å². The van der Waals surface area contributed by atoms with E-state index in [9.17, 15) is 12.8 Å². The number of benzene rings is 1. The van der Waals surface area contributed by atoms with Gasteiger partial charge in [0.2, 0.25) is 10.0 Å². The molecule has 0 unspecified atom stereocenters. The zero-order valence-corrected chi connectivity index (χ0v) is 9.86. The van der Waals surface area contributed by atoms with Crippen molar-refractivity contribution in [2.45, 2.75) is 19.1 Å². The molecule has 1 N–H and O–H groups in total. The summed E-state index contributed by atoms with van der Waals surface area (Å²) in [5.41, 5.74) is 0.259. The fourth-order valence-corrected chi connectivity index (χ4v) is 1.71. The van der Waals surface area contributed by atoms with Gasteiger partial charge in [0, 0.05) is 0 Å². The molecule has 0 spiro atoms. The van der Waals surface area contributed by atoms with Gasteiger partial charge in [-0.2, -0.15) is 0 Å². The second-order valence-electron chi connectivity index (χ2n) is 3.32. The van der Waals surface area contributed by atoms with Gasteiger partial charge in [-0.15, -0.1) is 0 Å². The highest BCUT2D eigenvalue weighted by Gasteiger charge is 2.15. The third kappa shape index (κ3) is 3.07. The minimum Gasteiger partial charge on any atom is -0.283 e. The Kier molecular flexibility index (Phi) is 3.57. The molecule has 0 bridgehead atoms. The largest absolute Gasteiger partial charge is 0.283 e. The van der Waals surface area contributed by atoms with Gasteiger partial charge in [0.25, 0.3) is 0 Å². The van der Waals surface area contributed by atoms with Crippen molar-refractivity contribution in [1.29, 1.82) is 0 Å². The fraction of sp³-hybridized carbons (Fsp3) is 0.333. The summed E-state index contributed by atoms with van der Waals surface area (Å²) < 4.78 is 38.0. The summed E-state index contributed by atoms with van der Waals surface area (Å²) in [6.45, 7) is 3.10. The molecule has 0 aliphatic rings. The summed E-state index contributed by atoms with van der Waals surface area (Å²) in [5, 5.41) is -0.666. The van der Waals surface area contributed by atoms with Crippen molar-refractivity contribution < 1.29 is 12.8 Å². The van der Waals surface area contributed by atoms with Gasteiger partial charge in [-0.1, -0.05) is 11.6 Å². The van der Waals surface area contributed by atoms with Crippen LogP contribution in [0.2, 0.25) is 5.02 Å². The van der Waals surface area contributed by atoms with Gasteiger partial charge >= 0.3 is 0 Å². The summed E-state index contributed by atoms with van der Waals surface area (Å²) >= 11 is 5.51. The van der Waals surface area contributed by atoms with E-state index in [0.717, 1.165) is 6.07 Å². The Morgan fingerprint density at radius 1 is 1.40 bits per heavy atom. The molecule has 0 aliphatic carbocycles. The third-order valence-corrected chi connectivity index (χ3v) is 3.85. The van der Waals surface area contributed by atoms with Crippen molar-refractivity contribution in [2.24, 2.45) is 0 Å². The van der Waals surface area contributed by atoms with Crippen LogP contribution in [0.1, 0.15) is 13.8 Å². The molecule has 15 heavy (non-hydrogen) atoms. The van der Waals surface area contributed by atoms with Gasteiger partial charge < -0.3 is 0 Å². The van der Waals surface area contributed by atoms with Crippen LogP contribution in [-0.2, 0) is 10.0 Å². The monoisotopic (exact) mass is 251 g/mol. The lowest BCUT2D eigenvalue weighted by Gasteiger charge is -2.10. The third-order valence-electron chi connectivity index (χ3n) is 1.80. The molecule has 0 saturated carbocycles. The van der Waals surface area contributed by atoms with Crippen molar-refractivity contribution >= 4 is 27.3 Å². The topological polar surface area (TPSA) is 46.2 Å². The Balaban J connectivity index is 2.96. The number of halogens is 2. The van der Waals surface area contributed by atoms with Crippen LogP contribution in [0.3, 0.4) is 0 Å². The van der Waals surface area contributed by atoms with E-state index >= 15 is 0 Å². The lowest BCUT2D eigenvalue weighted by molar-refractivity contribution is 0.592. The van der Waals surface area contributed by atoms with E-state index in [1.807, 2.05) is 0 Å². The summed E-state index contributed by atoms with van der Waals surface area (Å²) in [6, 6.07) is 3.67. The van der Waals surface area contributed by atoms with E-state index in [1.54, 1.807) is 13.8 Å². The molecule has 6 heteroatoms. The van der Waals surface area contributed by atoms with E-state index in [0.29, 0.717) is 0 Å². The van der Waals surface area contributed by atoms with E-state index in [-0.39, 0.29) is 10.7 Å². The zero-order chi connectivity index (χ0) is 11.6. The first kappa shape index (κ1) is 12.3. The molecule has 0 radical (unpaired) electrons.